The highest BCUT2D eigenvalue weighted by Gasteiger charge is 2.40. The van der Waals surface area contributed by atoms with Gasteiger partial charge in [0.05, 0.1) is 22.9 Å². The molecule has 2 rings (SSSR count). The zero-order valence-corrected chi connectivity index (χ0v) is 15.0. The van der Waals surface area contributed by atoms with Crippen molar-refractivity contribution in [1.82, 2.24) is 9.80 Å². The van der Waals surface area contributed by atoms with Gasteiger partial charge >= 0.3 is 12.3 Å². The molecule has 0 aromatic heterocycles. The lowest BCUT2D eigenvalue weighted by Gasteiger charge is -2.40. The molecule has 0 bridgehead atoms. The predicted octanol–water partition coefficient (Wildman–Crippen LogP) is 2.99. The number of alkyl halides is 3. The number of anilines is 1. The molecule has 1 saturated heterocycles. The van der Waals surface area contributed by atoms with Gasteiger partial charge in [-0.05, 0) is 38.8 Å². The van der Waals surface area contributed by atoms with Gasteiger partial charge in [-0.2, -0.15) is 13.2 Å². The number of likely N-dealkylation sites (tertiary alicyclic amines) is 1. The molecule has 4 N–H and O–H groups in total. The summed E-state index contributed by atoms with van der Waals surface area (Å²) in [5, 5.41) is 18.7. The molecule has 1 atom stereocenters. The number of piperidine rings is 1. The van der Waals surface area contributed by atoms with Crippen LogP contribution in [0.2, 0.25) is 0 Å². The van der Waals surface area contributed by atoms with Crippen LogP contribution in [0.4, 0.5) is 23.7 Å². The van der Waals surface area contributed by atoms with Crippen LogP contribution in [0.3, 0.4) is 0 Å². The number of carboxylic acid groups (broad SMARTS) is 1. The summed E-state index contributed by atoms with van der Waals surface area (Å²) in [5.74, 6) is -1.66. The van der Waals surface area contributed by atoms with Gasteiger partial charge in [0.1, 0.15) is 5.75 Å². The lowest BCUT2D eigenvalue weighted by Crippen LogP contribution is -2.54. The van der Waals surface area contributed by atoms with Crippen LogP contribution in [0, 0.1) is 0 Å². The smallest absolute Gasteiger partial charge is 0.417 e. The van der Waals surface area contributed by atoms with E-state index in [1.54, 1.807) is 13.8 Å². The molecule has 1 fully saturated rings. The van der Waals surface area contributed by atoms with Crippen LogP contribution in [0.5, 0.6) is 5.75 Å². The molecule has 0 spiro atoms. The summed E-state index contributed by atoms with van der Waals surface area (Å²) >= 11 is 0. The third kappa shape index (κ3) is 4.37. The van der Waals surface area contributed by atoms with Crippen molar-refractivity contribution in [3.63, 3.8) is 0 Å². The van der Waals surface area contributed by atoms with Crippen molar-refractivity contribution in [2.24, 2.45) is 0 Å². The number of carbonyl (C=O) groups excluding carboxylic acids is 1. The summed E-state index contributed by atoms with van der Waals surface area (Å²) in [6.07, 6.45) is -5.03. The van der Waals surface area contributed by atoms with Crippen molar-refractivity contribution in [3.05, 3.63) is 23.3 Å². The second kappa shape index (κ2) is 7.53. The third-order valence-electron chi connectivity index (χ3n) is 4.55. The number of nitrogens with zero attached hydrogens (tertiary/aromatic N) is 2. The molecule has 150 valence electrons. The molecule has 10 heteroatoms. The summed E-state index contributed by atoms with van der Waals surface area (Å²) in [7, 11) is 0. The number of nitrogens with two attached hydrogens (primary N) is 1. The molecule has 1 aromatic rings. The van der Waals surface area contributed by atoms with Gasteiger partial charge in [-0.3, -0.25) is 4.79 Å². The van der Waals surface area contributed by atoms with Gasteiger partial charge in [0.25, 0.3) is 5.91 Å². The van der Waals surface area contributed by atoms with E-state index in [-0.39, 0.29) is 12.2 Å². The molecule has 1 aliphatic rings. The Kier molecular flexibility index (Phi) is 5.76. The van der Waals surface area contributed by atoms with Crippen molar-refractivity contribution < 1.29 is 33.0 Å². The number of hydrogen-bond donors (Lipinski definition) is 3. The minimum atomic E-state index is -4.86. The normalized spacial score (nSPS) is 17.9. The van der Waals surface area contributed by atoms with Gasteiger partial charge in [-0.15, -0.1) is 0 Å². The highest BCUT2D eigenvalue weighted by molar-refractivity contribution is 5.97. The van der Waals surface area contributed by atoms with E-state index in [1.165, 1.54) is 4.90 Å². The fourth-order valence-electron chi connectivity index (χ4n) is 3.33. The van der Waals surface area contributed by atoms with Gasteiger partial charge in [0.2, 0.25) is 0 Å². The van der Waals surface area contributed by atoms with Crippen molar-refractivity contribution in [2.75, 3.05) is 18.8 Å². The monoisotopic (exact) mass is 389 g/mol. The first kappa shape index (κ1) is 20.7. The summed E-state index contributed by atoms with van der Waals surface area (Å²) < 4.78 is 40.2. The lowest BCUT2D eigenvalue weighted by molar-refractivity contribution is -0.138. The van der Waals surface area contributed by atoms with Gasteiger partial charge in [0.15, 0.2) is 0 Å². The van der Waals surface area contributed by atoms with E-state index in [0.29, 0.717) is 25.5 Å². The molecular formula is C17H22F3N3O4. The van der Waals surface area contributed by atoms with Crippen LogP contribution < -0.4 is 5.73 Å². The second-order valence-corrected chi connectivity index (χ2v) is 6.79. The van der Waals surface area contributed by atoms with Crippen LogP contribution >= 0.6 is 0 Å². The molecule has 0 radical (unpaired) electrons. The molecule has 1 aromatic carbocycles. The Hall–Kier alpha value is -2.65. The number of phenols is 1. The Morgan fingerprint density at radius 3 is 2.48 bits per heavy atom. The molecule has 0 unspecified atom stereocenters. The average molecular weight is 389 g/mol. The fraction of sp³-hybridized carbons (Fsp3) is 0.529. The predicted molar refractivity (Wildman–Crippen MR) is 91.4 cm³/mol. The van der Waals surface area contributed by atoms with Crippen LogP contribution in [0.25, 0.3) is 0 Å². The molecule has 1 heterocycles. The molecule has 27 heavy (non-hydrogen) atoms. The van der Waals surface area contributed by atoms with E-state index < -0.39 is 47.1 Å². The molecular weight excluding hydrogens is 367 g/mol. The summed E-state index contributed by atoms with van der Waals surface area (Å²) in [6, 6.07) is 0.227. The highest BCUT2D eigenvalue weighted by Crippen LogP contribution is 2.38. The number of aromatic hydroxyl groups is 1. The van der Waals surface area contributed by atoms with E-state index in [4.69, 9.17) is 5.73 Å². The molecule has 1 aliphatic heterocycles. The van der Waals surface area contributed by atoms with Gasteiger partial charge in [0, 0.05) is 19.1 Å². The maximum Gasteiger partial charge on any atom is 0.417 e. The van der Waals surface area contributed by atoms with Crippen molar-refractivity contribution in [2.45, 2.75) is 44.9 Å². The number of phenolic OH excluding ortho intramolecular Hbond substituents is 1. The van der Waals surface area contributed by atoms with Gasteiger partial charge in [-0.25, -0.2) is 4.79 Å². The minimum Gasteiger partial charge on any atom is -0.506 e. The zero-order chi connectivity index (χ0) is 20.5. The average Bonchev–Trinajstić information content (AvgIpc) is 2.56. The van der Waals surface area contributed by atoms with Crippen molar-refractivity contribution in [1.29, 1.82) is 0 Å². The minimum absolute atomic E-state index is 0.0220. The Bertz CT molecular complexity index is 737. The molecule has 7 nitrogen and oxygen atoms in total. The quantitative estimate of drug-likeness (QED) is 0.544. The number of nitrogen functional groups attached to an aromatic ring is 1. The molecule has 2 amide bonds. The van der Waals surface area contributed by atoms with E-state index in [0.717, 1.165) is 11.0 Å². The topological polar surface area (TPSA) is 107 Å². The number of carbonyl (C=O) groups is 2. The number of amides is 2. The fourth-order valence-corrected chi connectivity index (χ4v) is 3.33. The van der Waals surface area contributed by atoms with Crippen LogP contribution in [-0.4, -0.2) is 57.2 Å². The van der Waals surface area contributed by atoms with E-state index >= 15 is 0 Å². The lowest BCUT2D eigenvalue weighted by atomic mass is 9.98. The van der Waals surface area contributed by atoms with Crippen molar-refractivity contribution in [3.8, 4) is 5.75 Å². The summed E-state index contributed by atoms with van der Waals surface area (Å²) in [4.78, 5) is 26.7. The first-order chi connectivity index (χ1) is 12.4. The van der Waals surface area contributed by atoms with E-state index in [2.05, 4.69) is 0 Å². The van der Waals surface area contributed by atoms with E-state index in [1.807, 2.05) is 0 Å². The Morgan fingerprint density at radius 1 is 1.33 bits per heavy atom. The Morgan fingerprint density at radius 2 is 1.96 bits per heavy atom. The standard InChI is InChI=1S/C17H22F3N3O4/c1-9(2)23(10-4-3-5-22(8-10)16(26)27)15(25)11-6-13(21)14(24)7-12(11)17(18,19)20/h6-7,9-10,24H,3-5,8,21H2,1-2H3,(H,26,27)/t10-/m1/s1. The number of benzene rings is 1. The molecule has 0 aliphatic carbocycles. The largest absolute Gasteiger partial charge is 0.506 e. The maximum absolute atomic E-state index is 13.4. The number of hydrogen-bond acceptors (Lipinski definition) is 4. The summed E-state index contributed by atoms with van der Waals surface area (Å²) in [6.45, 7) is 3.63. The van der Waals surface area contributed by atoms with Crippen LogP contribution in [0.1, 0.15) is 42.6 Å². The maximum atomic E-state index is 13.4. The zero-order valence-electron chi connectivity index (χ0n) is 15.0. The first-order valence-electron chi connectivity index (χ1n) is 8.43. The number of halogens is 3. The SMILES string of the molecule is CC(C)N(C(=O)c1cc(N)c(O)cc1C(F)(F)F)[C@@H]1CCCN(C(=O)O)C1. The van der Waals surface area contributed by atoms with Gasteiger partial charge < -0.3 is 25.7 Å². The Labute approximate surface area is 154 Å². The second-order valence-electron chi connectivity index (χ2n) is 6.79. The van der Waals surface area contributed by atoms with Crippen LogP contribution in [0.15, 0.2) is 12.1 Å². The summed E-state index contributed by atoms with van der Waals surface area (Å²) in [5.41, 5.74) is 3.22. The van der Waals surface area contributed by atoms with Crippen LogP contribution in [-0.2, 0) is 6.18 Å². The highest BCUT2D eigenvalue weighted by atomic mass is 19.4. The first-order valence-corrected chi connectivity index (χ1v) is 8.43. The van der Waals surface area contributed by atoms with Crippen molar-refractivity contribution >= 4 is 17.7 Å². The number of rotatable bonds is 3. The van der Waals surface area contributed by atoms with E-state index in [9.17, 15) is 33.0 Å². The van der Waals surface area contributed by atoms with Gasteiger partial charge in [-0.1, -0.05) is 0 Å². The Balaban J connectivity index is 2.46. The molecule has 0 saturated carbocycles. The third-order valence-corrected chi connectivity index (χ3v) is 4.55.